The number of benzene rings is 3. The molecule has 7 nitrogen and oxygen atoms in total. The van der Waals surface area contributed by atoms with Crippen LogP contribution in [0.15, 0.2) is 84.4 Å². The van der Waals surface area contributed by atoms with Crippen molar-refractivity contribution in [2.45, 2.75) is 6.54 Å². The van der Waals surface area contributed by atoms with Gasteiger partial charge in [0.1, 0.15) is 30.3 Å². The lowest BCUT2D eigenvalue weighted by molar-refractivity contribution is -0.130. The summed E-state index contributed by atoms with van der Waals surface area (Å²) < 4.78 is 11.3. The number of halogens is 1. The van der Waals surface area contributed by atoms with Gasteiger partial charge in [-0.1, -0.05) is 66.2 Å². The summed E-state index contributed by atoms with van der Waals surface area (Å²) in [4.78, 5) is 38.4. The van der Waals surface area contributed by atoms with Crippen LogP contribution < -0.4 is 14.8 Å². The van der Waals surface area contributed by atoms with E-state index < -0.39 is 17.8 Å². The summed E-state index contributed by atoms with van der Waals surface area (Å²) >= 11 is 6.05. The molecule has 3 aromatic carbocycles. The van der Waals surface area contributed by atoms with Crippen molar-refractivity contribution in [1.82, 2.24) is 10.2 Å². The second-order valence-electron chi connectivity index (χ2n) is 7.39. The molecular formula is C26H21ClN2O5. The molecule has 0 bridgehead atoms. The van der Waals surface area contributed by atoms with E-state index >= 15 is 0 Å². The van der Waals surface area contributed by atoms with Crippen molar-refractivity contribution >= 4 is 35.5 Å². The quantitative estimate of drug-likeness (QED) is 0.295. The van der Waals surface area contributed by atoms with E-state index in [1.807, 2.05) is 30.3 Å². The maximum atomic E-state index is 12.9. The number of carbonyl (C=O) groups excluding carboxylic acids is 3. The van der Waals surface area contributed by atoms with Crippen LogP contribution in [-0.2, 0) is 16.1 Å². The first-order valence-electron chi connectivity index (χ1n) is 10.5. The highest BCUT2D eigenvalue weighted by Crippen LogP contribution is 2.23. The molecule has 34 heavy (non-hydrogen) atoms. The van der Waals surface area contributed by atoms with Gasteiger partial charge in [0, 0.05) is 0 Å². The maximum Gasteiger partial charge on any atom is 0.331 e. The fourth-order valence-electron chi connectivity index (χ4n) is 3.30. The molecule has 0 spiro atoms. The van der Waals surface area contributed by atoms with Crippen LogP contribution >= 0.6 is 11.6 Å². The van der Waals surface area contributed by atoms with Crippen molar-refractivity contribution in [2.24, 2.45) is 0 Å². The van der Waals surface area contributed by atoms with E-state index in [1.165, 1.54) is 6.08 Å². The molecule has 0 unspecified atom stereocenters. The predicted molar refractivity (Wildman–Crippen MR) is 127 cm³/mol. The summed E-state index contributed by atoms with van der Waals surface area (Å²) in [6, 6.07) is 22.4. The van der Waals surface area contributed by atoms with Crippen LogP contribution in [0, 0.1) is 0 Å². The van der Waals surface area contributed by atoms with E-state index in [2.05, 4.69) is 5.32 Å². The Morgan fingerprint density at radius 2 is 1.50 bits per heavy atom. The van der Waals surface area contributed by atoms with Crippen LogP contribution in [0.25, 0.3) is 6.08 Å². The Bertz CT molecular complexity index is 1230. The predicted octanol–water partition coefficient (Wildman–Crippen LogP) is 4.46. The molecule has 1 saturated heterocycles. The molecule has 0 aromatic heterocycles. The Morgan fingerprint density at radius 3 is 2.24 bits per heavy atom. The number of hydrogen-bond acceptors (Lipinski definition) is 5. The van der Waals surface area contributed by atoms with Crippen LogP contribution in [0.4, 0.5) is 4.79 Å². The maximum absolute atomic E-state index is 12.9. The van der Waals surface area contributed by atoms with Gasteiger partial charge in [0.2, 0.25) is 0 Å². The van der Waals surface area contributed by atoms with Gasteiger partial charge in [-0.2, -0.15) is 0 Å². The molecule has 1 fully saturated rings. The molecular weight excluding hydrogens is 456 g/mol. The minimum absolute atomic E-state index is 0.0686. The van der Waals surface area contributed by atoms with E-state index in [1.54, 1.807) is 48.5 Å². The Balaban J connectivity index is 1.37. The van der Waals surface area contributed by atoms with Crippen molar-refractivity contribution in [3.8, 4) is 11.5 Å². The molecule has 4 rings (SSSR count). The molecule has 1 aliphatic heterocycles. The van der Waals surface area contributed by atoms with Gasteiger partial charge in [0.25, 0.3) is 11.8 Å². The van der Waals surface area contributed by atoms with Gasteiger partial charge < -0.3 is 9.47 Å². The Kier molecular flexibility index (Phi) is 7.25. The smallest absolute Gasteiger partial charge is 0.331 e. The molecule has 1 aliphatic rings. The number of para-hydroxylation sites is 1. The van der Waals surface area contributed by atoms with Crippen molar-refractivity contribution in [3.63, 3.8) is 0 Å². The summed E-state index contributed by atoms with van der Waals surface area (Å²) in [6.07, 6.45) is 1.45. The largest absolute Gasteiger partial charge is 0.490 e. The van der Waals surface area contributed by atoms with Crippen LogP contribution in [0.1, 0.15) is 11.1 Å². The van der Waals surface area contributed by atoms with Gasteiger partial charge in [-0.3, -0.25) is 19.8 Å². The third-order valence-electron chi connectivity index (χ3n) is 5.01. The van der Waals surface area contributed by atoms with Gasteiger partial charge in [0.15, 0.2) is 0 Å². The van der Waals surface area contributed by atoms with Crippen LogP contribution in [0.3, 0.4) is 0 Å². The van der Waals surface area contributed by atoms with Gasteiger partial charge in [0.05, 0.1) is 11.6 Å². The molecule has 1 heterocycles. The number of rotatable bonds is 8. The number of carbonyl (C=O) groups is 3. The fourth-order valence-corrected chi connectivity index (χ4v) is 3.49. The SMILES string of the molecule is O=C1NC(=O)N(Cc2ccccc2)C(=O)C1=Cc1ccc(OCCOc2ccccc2Cl)cc1. The fraction of sp³-hybridized carbons (Fsp3) is 0.115. The third-order valence-corrected chi connectivity index (χ3v) is 5.32. The monoisotopic (exact) mass is 476 g/mol. The van der Waals surface area contributed by atoms with Crippen LogP contribution in [-0.4, -0.2) is 36.0 Å². The lowest BCUT2D eigenvalue weighted by atomic mass is 10.1. The summed E-state index contributed by atoms with van der Waals surface area (Å²) in [5.41, 5.74) is 1.28. The van der Waals surface area contributed by atoms with Crippen LogP contribution in [0.5, 0.6) is 11.5 Å². The van der Waals surface area contributed by atoms with Gasteiger partial charge >= 0.3 is 6.03 Å². The first kappa shape index (κ1) is 23.1. The number of nitrogens with one attached hydrogen (secondary N) is 1. The van der Waals surface area contributed by atoms with Crippen LogP contribution in [0.2, 0.25) is 5.02 Å². The van der Waals surface area contributed by atoms with Gasteiger partial charge in [-0.15, -0.1) is 0 Å². The van der Waals surface area contributed by atoms with E-state index in [0.717, 1.165) is 10.5 Å². The number of nitrogens with zero attached hydrogens (tertiary/aromatic N) is 1. The van der Waals surface area contributed by atoms with Crippen molar-refractivity contribution in [2.75, 3.05) is 13.2 Å². The van der Waals surface area contributed by atoms with E-state index in [9.17, 15) is 14.4 Å². The second-order valence-corrected chi connectivity index (χ2v) is 7.80. The number of urea groups is 1. The average Bonchev–Trinajstić information content (AvgIpc) is 2.85. The minimum atomic E-state index is -0.737. The normalized spacial score (nSPS) is 14.8. The summed E-state index contributed by atoms with van der Waals surface area (Å²) in [6.45, 7) is 0.692. The number of ether oxygens (including phenoxy) is 2. The molecule has 8 heteroatoms. The van der Waals surface area contributed by atoms with E-state index in [4.69, 9.17) is 21.1 Å². The Morgan fingerprint density at radius 1 is 0.824 bits per heavy atom. The number of imide groups is 2. The molecule has 172 valence electrons. The highest BCUT2D eigenvalue weighted by Gasteiger charge is 2.35. The molecule has 0 aliphatic carbocycles. The number of amides is 4. The zero-order valence-corrected chi connectivity index (χ0v) is 18.8. The van der Waals surface area contributed by atoms with Crippen molar-refractivity contribution in [1.29, 1.82) is 0 Å². The Hall–Kier alpha value is -4.10. The Labute approximate surface area is 201 Å². The average molecular weight is 477 g/mol. The molecule has 0 saturated carbocycles. The third kappa shape index (κ3) is 5.63. The molecule has 1 N–H and O–H groups in total. The number of barbiturate groups is 1. The lowest BCUT2D eigenvalue weighted by Crippen LogP contribution is -2.53. The van der Waals surface area contributed by atoms with Gasteiger partial charge in [-0.25, -0.2) is 4.79 Å². The lowest BCUT2D eigenvalue weighted by Gasteiger charge is -2.26. The molecule has 3 aromatic rings. The van der Waals surface area contributed by atoms with Crippen molar-refractivity contribution < 1.29 is 23.9 Å². The summed E-state index contributed by atoms with van der Waals surface area (Å²) in [5.74, 6) is -0.179. The minimum Gasteiger partial charge on any atom is -0.490 e. The highest BCUT2D eigenvalue weighted by atomic mass is 35.5. The first-order valence-corrected chi connectivity index (χ1v) is 10.9. The topological polar surface area (TPSA) is 84.9 Å². The van der Waals surface area contributed by atoms with E-state index in [-0.39, 0.29) is 12.1 Å². The second kappa shape index (κ2) is 10.7. The standard InChI is InChI=1S/C26H21ClN2O5/c27-22-8-4-5-9-23(22)34-15-14-33-20-12-10-18(11-13-20)16-21-24(30)28-26(32)29(25(21)31)17-19-6-2-1-3-7-19/h1-13,16H,14-15,17H2,(H,28,30,32). The van der Waals surface area contributed by atoms with E-state index in [0.29, 0.717) is 35.3 Å². The summed E-state index contributed by atoms with van der Waals surface area (Å²) in [7, 11) is 0. The van der Waals surface area contributed by atoms with Gasteiger partial charge in [-0.05, 0) is 41.5 Å². The zero-order chi connectivity index (χ0) is 23.9. The molecule has 0 radical (unpaired) electrons. The summed E-state index contributed by atoms with van der Waals surface area (Å²) in [5, 5.41) is 2.76. The van der Waals surface area contributed by atoms with Crippen molar-refractivity contribution in [3.05, 3.63) is 101 Å². The number of hydrogen-bond donors (Lipinski definition) is 1. The highest BCUT2D eigenvalue weighted by molar-refractivity contribution is 6.32. The molecule has 4 amide bonds. The zero-order valence-electron chi connectivity index (χ0n) is 18.1. The molecule has 0 atom stereocenters. The first-order chi connectivity index (χ1) is 16.5.